The minimum atomic E-state index is 0.727. The van der Waals surface area contributed by atoms with Crippen molar-refractivity contribution in [2.24, 2.45) is 0 Å². The van der Waals surface area contributed by atoms with Crippen LogP contribution in [0.5, 0.6) is 17.2 Å². The van der Waals surface area contributed by atoms with E-state index < -0.39 is 0 Å². The largest absolute Gasteiger partial charge is 0.494 e. The molecule has 2 aromatic rings. The first-order chi connectivity index (χ1) is 14.8. The predicted molar refractivity (Wildman–Crippen MR) is 122 cm³/mol. The van der Waals surface area contributed by atoms with Crippen molar-refractivity contribution in [2.45, 2.75) is 39.0 Å². The molecular weight excluding hydrogens is 378 g/mol. The molecule has 0 saturated carbocycles. The zero-order valence-electron chi connectivity index (χ0n) is 18.7. The average molecular weight is 416 g/mol. The van der Waals surface area contributed by atoms with Crippen molar-refractivity contribution in [3.8, 4) is 17.2 Å². The van der Waals surface area contributed by atoms with Crippen LogP contribution in [0.2, 0.25) is 0 Å². The first-order valence-electron chi connectivity index (χ1n) is 11.0. The van der Waals surface area contributed by atoms with Crippen LogP contribution in [-0.4, -0.2) is 47.1 Å². The topological polar surface area (TPSA) is 49.0 Å². The molecule has 0 aromatic heterocycles. The highest BCUT2D eigenvalue weighted by Gasteiger charge is 2.05. The van der Waals surface area contributed by atoms with Crippen LogP contribution in [0.3, 0.4) is 0 Å². The number of benzene rings is 2. The van der Waals surface area contributed by atoms with Gasteiger partial charge in [-0.05, 0) is 81.0 Å². The molecular formula is C25H37NO4. The van der Waals surface area contributed by atoms with E-state index in [0.717, 1.165) is 82.3 Å². The summed E-state index contributed by atoms with van der Waals surface area (Å²) in [5, 5.41) is 3.36. The van der Waals surface area contributed by atoms with Crippen molar-refractivity contribution in [2.75, 3.05) is 47.1 Å². The first-order valence-corrected chi connectivity index (χ1v) is 11.0. The Labute approximate surface area is 181 Å². The van der Waals surface area contributed by atoms with Crippen LogP contribution in [0.25, 0.3) is 0 Å². The molecule has 1 N–H and O–H groups in total. The number of aryl methyl sites for hydroxylation is 2. The smallest absolute Gasteiger partial charge is 0.160 e. The van der Waals surface area contributed by atoms with E-state index in [4.69, 9.17) is 18.9 Å². The molecule has 0 unspecified atom stereocenters. The second kappa shape index (κ2) is 14.7. The van der Waals surface area contributed by atoms with Crippen molar-refractivity contribution >= 4 is 0 Å². The molecule has 5 heteroatoms. The standard InChI is InChI=1S/C25H37NO4/c1-4-29-18-16-26-15-8-17-30-23-12-7-11-21(19-23)9-5-6-10-22-13-14-24(27-2)25(20-22)28-3/h7,11-14,19-20,26H,4-6,8-10,15-18H2,1-3H3. The number of rotatable bonds is 16. The van der Waals surface area contributed by atoms with Gasteiger partial charge < -0.3 is 24.3 Å². The van der Waals surface area contributed by atoms with Gasteiger partial charge in [0.25, 0.3) is 0 Å². The van der Waals surface area contributed by atoms with Gasteiger partial charge in [0.15, 0.2) is 11.5 Å². The molecule has 0 saturated heterocycles. The SMILES string of the molecule is CCOCCNCCCOc1cccc(CCCCc2ccc(OC)c(OC)c2)c1. The molecule has 5 nitrogen and oxygen atoms in total. The maximum absolute atomic E-state index is 5.90. The fourth-order valence-electron chi connectivity index (χ4n) is 3.29. The highest BCUT2D eigenvalue weighted by Crippen LogP contribution is 2.28. The number of nitrogens with one attached hydrogen (secondary N) is 1. The van der Waals surface area contributed by atoms with Crippen LogP contribution in [0.1, 0.15) is 37.3 Å². The monoisotopic (exact) mass is 415 g/mol. The van der Waals surface area contributed by atoms with Gasteiger partial charge in [0, 0.05) is 13.2 Å². The molecule has 0 radical (unpaired) electrons. The summed E-state index contributed by atoms with van der Waals surface area (Å²) in [5.74, 6) is 2.53. The fraction of sp³-hybridized carbons (Fsp3) is 0.520. The Morgan fingerprint density at radius 3 is 2.27 bits per heavy atom. The van der Waals surface area contributed by atoms with Gasteiger partial charge in [-0.25, -0.2) is 0 Å². The van der Waals surface area contributed by atoms with E-state index >= 15 is 0 Å². The maximum Gasteiger partial charge on any atom is 0.160 e. The fourth-order valence-corrected chi connectivity index (χ4v) is 3.29. The van der Waals surface area contributed by atoms with E-state index in [1.807, 2.05) is 19.1 Å². The number of unbranched alkanes of at least 4 members (excludes halogenated alkanes) is 1. The molecule has 0 aliphatic carbocycles. The maximum atomic E-state index is 5.90. The predicted octanol–water partition coefficient (Wildman–Crippen LogP) is 4.66. The summed E-state index contributed by atoms with van der Waals surface area (Å²) in [4.78, 5) is 0. The lowest BCUT2D eigenvalue weighted by atomic mass is 10.0. The van der Waals surface area contributed by atoms with E-state index in [2.05, 4.69) is 35.6 Å². The third-order valence-electron chi connectivity index (χ3n) is 4.92. The number of hydrogen-bond donors (Lipinski definition) is 1. The van der Waals surface area contributed by atoms with Crippen molar-refractivity contribution in [3.05, 3.63) is 53.6 Å². The lowest BCUT2D eigenvalue weighted by Crippen LogP contribution is -2.22. The Kier molecular flexibility index (Phi) is 11.8. The molecule has 166 valence electrons. The van der Waals surface area contributed by atoms with Crippen molar-refractivity contribution in [1.82, 2.24) is 5.32 Å². The summed E-state index contributed by atoms with van der Waals surface area (Å²) >= 11 is 0. The third kappa shape index (κ3) is 9.06. The summed E-state index contributed by atoms with van der Waals surface area (Å²) in [5.41, 5.74) is 2.61. The molecule has 30 heavy (non-hydrogen) atoms. The molecule has 2 aromatic carbocycles. The summed E-state index contributed by atoms with van der Waals surface area (Å²) in [6.45, 7) is 6.13. The van der Waals surface area contributed by atoms with Crippen LogP contribution in [0, 0.1) is 0 Å². The van der Waals surface area contributed by atoms with Gasteiger partial charge in [0.1, 0.15) is 5.75 Å². The Bertz CT molecular complexity index is 720. The highest BCUT2D eigenvalue weighted by molar-refractivity contribution is 5.42. The van der Waals surface area contributed by atoms with E-state index in [1.54, 1.807) is 14.2 Å². The Balaban J connectivity index is 1.64. The third-order valence-corrected chi connectivity index (χ3v) is 4.92. The molecule has 0 bridgehead atoms. The number of ether oxygens (including phenoxy) is 4. The zero-order chi connectivity index (χ0) is 21.4. The molecule has 0 aliphatic rings. The summed E-state index contributed by atoms with van der Waals surface area (Å²) in [6, 6.07) is 14.6. The van der Waals surface area contributed by atoms with Gasteiger partial charge in [-0.2, -0.15) is 0 Å². The van der Waals surface area contributed by atoms with Crippen molar-refractivity contribution in [3.63, 3.8) is 0 Å². The Morgan fingerprint density at radius 1 is 0.767 bits per heavy atom. The Hall–Kier alpha value is -2.24. The van der Waals surface area contributed by atoms with E-state index in [1.165, 1.54) is 11.1 Å². The summed E-state index contributed by atoms with van der Waals surface area (Å²) in [6.07, 6.45) is 5.35. The molecule has 0 amide bonds. The van der Waals surface area contributed by atoms with Crippen LogP contribution in [0.4, 0.5) is 0 Å². The zero-order valence-corrected chi connectivity index (χ0v) is 18.7. The van der Waals surface area contributed by atoms with Gasteiger partial charge in [0.2, 0.25) is 0 Å². The summed E-state index contributed by atoms with van der Waals surface area (Å²) < 4.78 is 21.9. The van der Waals surface area contributed by atoms with E-state index in [9.17, 15) is 0 Å². The molecule has 0 atom stereocenters. The highest BCUT2D eigenvalue weighted by atomic mass is 16.5. The lowest BCUT2D eigenvalue weighted by Gasteiger charge is -2.10. The molecule has 0 fully saturated rings. The second-order valence-electron chi connectivity index (χ2n) is 7.19. The van der Waals surface area contributed by atoms with Crippen LogP contribution >= 0.6 is 0 Å². The van der Waals surface area contributed by atoms with Gasteiger partial charge in [-0.3, -0.25) is 0 Å². The minimum absolute atomic E-state index is 0.727. The van der Waals surface area contributed by atoms with Crippen LogP contribution in [0.15, 0.2) is 42.5 Å². The molecule has 0 heterocycles. The van der Waals surface area contributed by atoms with Crippen molar-refractivity contribution < 1.29 is 18.9 Å². The van der Waals surface area contributed by atoms with Crippen LogP contribution < -0.4 is 19.5 Å². The number of hydrogen-bond acceptors (Lipinski definition) is 5. The van der Waals surface area contributed by atoms with Gasteiger partial charge in [-0.15, -0.1) is 0 Å². The summed E-state index contributed by atoms with van der Waals surface area (Å²) in [7, 11) is 3.34. The average Bonchev–Trinajstić information content (AvgIpc) is 2.78. The van der Waals surface area contributed by atoms with Crippen molar-refractivity contribution in [1.29, 1.82) is 0 Å². The van der Waals surface area contributed by atoms with E-state index in [0.29, 0.717) is 0 Å². The van der Waals surface area contributed by atoms with Gasteiger partial charge >= 0.3 is 0 Å². The second-order valence-corrected chi connectivity index (χ2v) is 7.19. The molecule has 0 aliphatic heterocycles. The lowest BCUT2D eigenvalue weighted by molar-refractivity contribution is 0.149. The van der Waals surface area contributed by atoms with Crippen LogP contribution in [-0.2, 0) is 17.6 Å². The molecule has 2 rings (SSSR count). The van der Waals surface area contributed by atoms with Gasteiger partial charge in [-0.1, -0.05) is 18.2 Å². The Morgan fingerprint density at radius 2 is 1.53 bits per heavy atom. The molecule has 0 spiro atoms. The normalized spacial score (nSPS) is 10.8. The first kappa shape index (κ1) is 24.0. The van der Waals surface area contributed by atoms with Gasteiger partial charge in [0.05, 0.1) is 27.4 Å². The minimum Gasteiger partial charge on any atom is -0.494 e. The van der Waals surface area contributed by atoms with E-state index in [-0.39, 0.29) is 0 Å². The number of methoxy groups -OCH3 is 2. The quantitative estimate of drug-likeness (QED) is 0.404.